The zero-order valence-corrected chi connectivity index (χ0v) is 15.7. The fraction of sp³-hybridized carbons (Fsp3) is 0.409. The van der Waals surface area contributed by atoms with E-state index in [1.165, 1.54) is 5.56 Å². The van der Waals surface area contributed by atoms with Crippen molar-refractivity contribution in [2.45, 2.75) is 32.0 Å². The number of hydrogen-bond donors (Lipinski definition) is 1. The van der Waals surface area contributed by atoms with Crippen LogP contribution in [0, 0.1) is 5.92 Å². The summed E-state index contributed by atoms with van der Waals surface area (Å²) in [6, 6.07) is 16.6. The highest BCUT2D eigenvalue weighted by Crippen LogP contribution is 2.31. The molecule has 2 aliphatic rings. The highest BCUT2D eigenvalue weighted by Gasteiger charge is 2.36. The summed E-state index contributed by atoms with van der Waals surface area (Å²) in [5, 5.41) is 3.09. The average Bonchev–Trinajstić information content (AvgIpc) is 3.07. The summed E-state index contributed by atoms with van der Waals surface area (Å²) in [6.45, 7) is 3.37. The van der Waals surface area contributed by atoms with Gasteiger partial charge >= 0.3 is 0 Å². The zero-order chi connectivity index (χ0) is 18.6. The van der Waals surface area contributed by atoms with Gasteiger partial charge in [0.1, 0.15) is 6.61 Å². The molecule has 4 rings (SSSR count). The van der Waals surface area contributed by atoms with Gasteiger partial charge in [0.25, 0.3) is 0 Å². The van der Waals surface area contributed by atoms with Crippen molar-refractivity contribution in [1.29, 1.82) is 0 Å². The minimum Gasteiger partial charge on any atom is -0.493 e. The number of carbonyl (C=O) groups excluding carboxylic acids is 1. The van der Waals surface area contributed by atoms with Crippen molar-refractivity contribution in [3.05, 3.63) is 59.7 Å². The van der Waals surface area contributed by atoms with Crippen molar-refractivity contribution < 1.29 is 14.3 Å². The molecule has 0 spiro atoms. The van der Waals surface area contributed by atoms with E-state index in [-0.39, 0.29) is 5.91 Å². The highest BCUT2D eigenvalue weighted by molar-refractivity contribution is 5.79. The molecule has 1 amide bonds. The largest absolute Gasteiger partial charge is 0.493 e. The number of methoxy groups -OCH3 is 1. The number of hydrogen-bond acceptors (Lipinski definition) is 4. The Morgan fingerprint density at radius 3 is 2.78 bits per heavy atom. The van der Waals surface area contributed by atoms with Crippen LogP contribution in [0.2, 0.25) is 0 Å². The number of fused-ring (bicyclic) bond motifs is 1. The van der Waals surface area contributed by atoms with E-state index in [0.717, 1.165) is 43.1 Å². The van der Waals surface area contributed by atoms with Crippen LogP contribution in [-0.4, -0.2) is 37.0 Å². The van der Waals surface area contributed by atoms with Crippen LogP contribution in [0.25, 0.3) is 0 Å². The first-order chi connectivity index (χ1) is 13.2. The minimum atomic E-state index is 0.202. The molecule has 2 aliphatic heterocycles. The van der Waals surface area contributed by atoms with Crippen LogP contribution in [0.5, 0.6) is 11.5 Å². The number of ether oxygens (including phenoxy) is 2. The van der Waals surface area contributed by atoms with Crippen molar-refractivity contribution >= 4 is 5.91 Å². The number of benzene rings is 2. The van der Waals surface area contributed by atoms with Gasteiger partial charge in [-0.1, -0.05) is 36.4 Å². The summed E-state index contributed by atoms with van der Waals surface area (Å²) in [5.41, 5.74) is 2.33. The van der Waals surface area contributed by atoms with Crippen LogP contribution >= 0.6 is 0 Å². The molecule has 5 heteroatoms. The lowest BCUT2D eigenvalue weighted by molar-refractivity contribution is -0.119. The molecule has 0 aromatic heterocycles. The maximum absolute atomic E-state index is 11.6. The molecule has 27 heavy (non-hydrogen) atoms. The Morgan fingerprint density at radius 1 is 1.11 bits per heavy atom. The maximum Gasteiger partial charge on any atom is 0.220 e. The van der Waals surface area contributed by atoms with E-state index in [9.17, 15) is 4.79 Å². The third-order valence-electron chi connectivity index (χ3n) is 5.48. The molecule has 142 valence electrons. The molecule has 2 aromatic rings. The predicted octanol–water partition coefficient (Wildman–Crippen LogP) is 2.98. The number of likely N-dealkylation sites (tertiary alicyclic amines) is 1. The second-order valence-corrected chi connectivity index (χ2v) is 7.42. The maximum atomic E-state index is 11.6. The van der Waals surface area contributed by atoms with Gasteiger partial charge in [0.2, 0.25) is 5.91 Å². The van der Waals surface area contributed by atoms with Gasteiger partial charge in [-0.25, -0.2) is 0 Å². The van der Waals surface area contributed by atoms with Crippen molar-refractivity contribution in [2.24, 2.45) is 5.92 Å². The topological polar surface area (TPSA) is 50.8 Å². The second-order valence-electron chi connectivity index (χ2n) is 7.42. The normalized spacial score (nSPS) is 22.2. The third kappa shape index (κ3) is 4.25. The molecule has 2 atom stereocenters. The fourth-order valence-corrected chi connectivity index (χ4v) is 4.07. The van der Waals surface area contributed by atoms with E-state index in [1.807, 2.05) is 36.4 Å². The van der Waals surface area contributed by atoms with Crippen LogP contribution in [0.15, 0.2) is 48.5 Å². The van der Waals surface area contributed by atoms with Gasteiger partial charge in [-0.2, -0.15) is 0 Å². The molecule has 0 radical (unpaired) electrons. The van der Waals surface area contributed by atoms with E-state index >= 15 is 0 Å². The molecule has 2 saturated heterocycles. The minimum absolute atomic E-state index is 0.202. The summed E-state index contributed by atoms with van der Waals surface area (Å²) in [5.74, 6) is 2.17. The Bertz CT molecular complexity index is 793. The van der Waals surface area contributed by atoms with E-state index in [0.29, 0.717) is 25.0 Å². The molecule has 2 heterocycles. The summed E-state index contributed by atoms with van der Waals surface area (Å²) >= 11 is 0. The Kier molecular flexibility index (Phi) is 5.30. The summed E-state index contributed by atoms with van der Waals surface area (Å²) in [7, 11) is 1.68. The average molecular weight is 366 g/mol. The number of amides is 1. The third-order valence-corrected chi connectivity index (χ3v) is 5.48. The Hall–Kier alpha value is -2.53. The van der Waals surface area contributed by atoms with Crippen molar-refractivity contribution in [3.8, 4) is 11.5 Å². The van der Waals surface area contributed by atoms with E-state index in [1.54, 1.807) is 7.11 Å². The monoisotopic (exact) mass is 366 g/mol. The van der Waals surface area contributed by atoms with E-state index in [4.69, 9.17) is 9.47 Å². The number of nitrogens with one attached hydrogen (secondary N) is 1. The smallest absolute Gasteiger partial charge is 0.220 e. The van der Waals surface area contributed by atoms with E-state index in [2.05, 4.69) is 22.3 Å². The summed E-state index contributed by atoms with van der Waals surface area (Å²) < 4.78 is 11.5. The molecule has 0 bridgehead atoms. The van der Waals surface area contributed by atoms with Crippen LogP contribution < -0.4 is 14.8 Å². The highest BCUT2D eigenvalue weighted by atomic mass is 16.5. The summed E-state index contributed by atoms with van der Waals surface area (Å²) in [4.78, 5) is 14.0. The molecule has 0 unspecified atom stereocenters. The first-order valence-electron chi connectivity index (χ1n) is 9.56. The SMILES string of the molecule is COc1cc(CN2CC[C@@H]3NC(=O)C[C@@H]3C2)ccc1OCc1ccccc1. The van der Waals surface area contributed by atoms with Crippen molar-refractivity contribution in [1.82, 2.24) is 10.2 Å². The van der Waals surface area contributed by atoms with Gasteiger partial charge < -0.3 is 14.8 Å². The molecule has 5 nitrogen and oxygen atoms in total. The first-order valence-corrected chi connectivity index (χ1v) is 9.56. The number of carbonyl (C=O) groups is 1. The molecule has 1 N–H and O–H groups in total. The van der Waals surface area contributed by atoms with Crippen molar-refractivity contribution in [2.75, 3.05) is 20.2 Å². The standard InChI is InChI=1S/C22H26N2O3/c1-26-21-11-17(7-8-20(21)27-15-16-5-3-2-4-6-16)13-24-10-9-19-18(14-24)12-22(25)23-19/h2-8,11,18-19H,9-10,12-15H2,1H3,(H,23,25)/t18-,19+/m1/s1. The molecule has 2 fully saturated rings. The molecule has 2 aromatic carbocycles. The van der Waals surface area contributed by atoms with Gasteiger partial charge in [-0.3, -0.25) is 9.69 Å². The van der Waals surface area contributed by atoms with E-state index < -0.39 is 0 Å². The zero-order valence-electron chi connectivity index (χ0n) is 15.7. The molecular formula is C22H26N2O3. The molecule has 0 saturated carbocycles. The van der Waals surface area contributed by atoms with Gasteiger partial charge in [0, 0.05) is 38.0 Å². The lowest BCUT2D eigenvalue weighted by Crippen LogP contribution is -2.44. The quantitative estimate of drug-likeness (QED) is 0.854. The Morgan fingerprint density at radius 2 is 1.96 bits per heavy atom. The first kappa shape index (κ1) is 17.9. The van der Waals surface area contributed by atoms with Gasteiger partial charge in [0.05, 0.1) is 7.11 Å². The number of nitrogens with zero attached hydrogens (tertiary/aromatic N) is 1. The van der Waals surface area contributed by atoms with Crippen molar-refractivity contribution in [3.63, 3.8) is 0 Å². The van der Waals surface area contributed by atoms with Gasteiger partial charge in [0.15, 0.2) is 11.5 Å². The van der Waals surface area contributed by atoms with Gasteiger partial charge in [-0.15, -0.1) is 0 Å². The number of piperidine rings is 1. The lowest BCUT2D eigenvalue weighted by atomic mass is 9.93. The van der Waals surface area contributed by atoms with Gasteiger partial charge in [-0.05, 0) is 29.7 Å². The summed E-state index contributed by atoms with van der Waals surface area (Å²) in [6.07, 6.45) is 1.70. The second kappa shape index (κ2) is 8.01. The van der Waals surface area contributed by atoms with Crippen LogP contribution in [0.1, 0.15) is 24.0 Å². The Balaban J connectivity index is 1.38. The van der Waals surface area contributed by atoms with Crippen LogP contribution in [-0.2, 0) is 17.9 Å². The molecular weight excluding hydrogens is 340 g/mol. The number of rotatable bonds is 6. The Labute approximate surface area is 160 Å². The fourth-order valence-electron chi connectivity index (χ4n) is 4.07. The van der Waals surface area contributed by atoms with Crippen LogP contribution in [0.3, 0.4) is 0 Å². The predicted molar refractivity (Wildman–Crippen MR) is 104 cm³/mol. The molecule has 0 aliphatic carbocycles. The lowest BCUT2D eigenvalue weighted by Gasteiger charge is -2.34. The van der Waals surface area contributed by atoms with Crippen LogP contribution in [0.4, 0.5) is 0 Å².